The predicted molar refractivity (Wildman–Crippen MR) is 70.3 cm³/mol. The summed E-state index contributed by atoms with van der Waals surface area (Å²) in [6.45, 7) is 0.212. The number of hydrogen-bond acceptors (Lipinski definition) is 3. The molecule has 1 aliphatic carbocycles. The zero-order valence-electron chi connectivity index (χ0n) is 10.9. The molecule has 0 radical (unpaired) electrons. The van der Waals surface area contributed by atoms with Crippen molar-refractivity contribution in [3.05, 3.63) is 35.4 Å². The molecular formula is C15H15NO4. The molecule has 104 valence electrons. The van der Waals surface area contributed by atoms with E-state index in [9.17, 15) is 19.5 Å². The number of carboxylic acids is 1. The van der Waals surface area contributed by atoms with E-state index in [0.29, 0.717) is 17.5 Å². The van der Waals surface area contributed by atoms with Crippen molar-refractivity contribution in [2.45, 2.75) is 19.3 Å². The molecule has 1 aliphatic heterocycles. The standard InChI is InChI=1S/C15H15NO4/c17-13-11-5-1-2-6-12(11)14(18)16(13)8-9-4-3-7-10(9)15(19)20/h1-2,5-6,9-10H,3-4,7-8H2,(H,19,20). The van der Waals surface area contributed by atoms with E-state index >= 15 is 0 Å². The smallest absolute Gasteiger partial charge is 0.306 e. The van der Waals surface area contributed by atoms with Gasteiger partial charge in [0.25, 0.3) is 11.8 Å². The summed E-state index contributed by atoms with van der Waals surface area (Å²) in [5, 5.41) is 9.17. The van der Waals surface area contributed by atoms with Gasteiger partial charge in [0.05, 0.1) is 17.0 Å². The second kappa shape index (κ2) is 4.74. The second-order valence-corrected chi connectivity index (χ2v) is 5.40. The number of carboxylic acid groups (broad SMARTS) is 1. The van der Waals surface area contributed by atoms with E-state index in [4.69, 9.17) is 0 Å². The van der Waals surface area contributed by atoms with Gasteiger partial charge in [-0.3, -0.25) is 19.3 Å². The van der Waals surface area contributed by atoms with Crippen LogP contribution < -0.4 is 0 Å². The summed E-state index contributed by atoms with van der Waals surface area (Å²) in [6, 6.07) is 6.73. The Labute approximate surface area is 116 Å². The highest BCUT2D eigenvalue weighted by molar-refractivity contribution is 6.21. The maximum Gasteiger partial charge on any atom is 0.306 e. The number of carbonyl (C=O) groups is 3. The fraction of sp³-hybridized carbons (Fsp3) is 0.400. The first kappa shape index (κ1) is 12.8. The fourth-order valence-corrected chi connectivity index (χ4v) is 3.22. The Hall–Kier alpha value is -2.17. The average Bonchev–Trinajstić information content (AvgIpc) is 2.99. The molecule has 0 bridgehead atoms. The molecule has 5 heteroatoms. The van der Waals surface area contributed by atoms with Gasteiger partial charge in [-0.1, -0.05) is 18.6 Å². The molecule has 20 heavy (non-hydrogen) atoms. The van der Waals surface area contributed by atoms with Gasteiger partial charge in [-0.05, 0) is 30.9 Å². The molecule has 1 N–H and O–H groups in total. The molecule has 1 aromatic carbocycles. The van der Waals surface area contributed by atoms with Crippen LogP contribution >= 0.6 is 0 Å². The SMILES string of the molecule is O=C(O)C1CCCC1CN1C(=O)c2ccccc2C1=O. The summed E-state index contributed by atoms with van der Waals surface area (Å²) in [5.41, 5.74) is 0.838. The third kappa shape index (κ3) is 1.90. The number of amides is 2. The molecule has 2 amide bonds. The topological polar surface area (TPSA) is 74.7 Å². The van der Waals surface area contributed by atoms with E-state index < -0.39 is 11.9 Å². The Balaban J connectivity index is 1.82. The number of nitrogens with zero attached hydrogens (tertiary/aromatic N) is 1. The molecule has 1 fully saturated rings. The largest absolute Gasteiger partial charge is 0.481 e. The monoisotopic (exact) mass is 273 g/mol. The van der Waals surface area contributed by atoms with E-state index in [-0.39, 0.29) is 24.3 Å². The second-order valence-electron chi connectivity index (χ2n) is 5.40. The molecule has 2 atom stereocenters. The molecule has 0 aromatic heterocycles. The lowest BCUT2D eigenvalue weighted by Gasteiger charge is -2.21. The highest BCUT2D eigenvalue weighted by atomic mass is 16.4. The number of aliphatic carboxylic acids is 1. The van der Waals surface area contributed by atoms with Crippen molar-refractivity contribution in [2.24, 2.45) is 11.8 Å². The van der Waals surface area contributed by atoms with Crippen molar-refractivity contribution in [1.82, 2.24) is 4.90 Å². The molecular weight excluding hydrogens is 258 g/mol. The Bertz CT molecular complexity index is 560. The van der Waals surface area contributed by atoms with Crippen LogP contribution in [0.25, 0.3) is 0 Å². The van der Waals surface area contributed by atoms with Crippen molar-refractivity contribution in [1.29, 1.82) is 0 Å². The lowest BCUT2D eigenvalue weighted by molar-refractivity contribution is -0.143. The van der Waals surface area contributed by atoms with Crippen molar-refractivity contribution in [2.75, 3.05) is 6.54 Å². The third-order valence-corrected chi connectivity index (χ3v) is 4.27. The van der Waals surface area contributed by atoms with Gasteiger partial charge < -0.3 is 5.11 Å². The predicted octanol–water partition coefficient (Wildman–Crippen LogP) is 1.78. The minimum absolute atomic E-state index is 0.130. The highest BCUT2D eigenvalue weighted by Crippen LogP contribution is 2.34. The maximum atomic E-state index is 12.2. The van der Waals surface area contributed by atoms with Crippen molar-refractivity contribution in [3.8, 4) is 0 Å². The summed E-state index contributed by atoms with van der Waals surface area (Å²) in [7, 11) is 0. The number of benzene rings is 1. The quantitative estimate of drug-likeness (QED) is 0.852. The summed E-state index contributed by atoms with van der Waals surface area (Å²) in [4.78, 5) is 36.8. The Kier molecular flexibility index (Phi) is 3.04. The van der Waals surface area contributed by atoms with Gasteiger partial charge in [0.2, 0.25) is 0 Å². The summed E-state index contributed by atoms with van der Waals surface area (Å²) < 4.78 is 0. The number of rotatable bonds is 3. The molecule has 5 nitrogen and oxygen atoms in total. The lowest BCUT2D eigenvalue weighted by Crippen LogP contribution is -2.37. The number of carbonyl (C=O) groups excluding carboxylic acids is 2. The normalized spacial score (nSPS) is 25.1. The summed E-state index contributed by atoms with van der Waals surface area (Å²) >= 11 is 0. The van der Waals surface area contributed by atoms with Gasteiger partial charge in [0.1, 0.15) is 0 Å². The molecule has 0 spiro atoms. The molecule has 3 rings (SSSR count). The van der Waals surface area contributed by atoms with Crippen molar-refractivity contribution in [3.63, 3.8) is 0 Å². The zero-order valence-corrected chi connectivity index (χ0v) is 10.9. The first-order valence-corrected chi connectivity index (χ1v) is 6.77. The zero-order chi connectivity index (χ0) is 14.3. The summed E-state index contributed by atoms with van der Waals surface area (Å²) in [6.07, 6.45) is 2.22. The van der Waals surface area contributed by atoms with E-state index in [1.54, 1.807) is 24.3 Å². The van der Waals surface area contributed by atoms with Gasteiger partial charge in [-0.25, -0.2) is 0 Å². The Morgan fingerprint density at radius 3 is 2.30 bits per heavy atom. The van der Waals surface area contributed by atoms with E-state index in [1.165, 1.54) is 4.90 Å². The van der Waals surface area contributed by atoms with Crippen LogP contribution in [-0.2, 0) is 4.79 Å². The van der Waals surface area contributed by atoms with Crippen LogP contribution in [0.15, 0.2) is 24.3 Å². The molecule has 1 saturated carbocycles. The Morgan fingerprint density at radius 2 is 1.75 bits per heavy atom. The molecule has 2 aliphatic rings. The van der Waals surface area contributed by atoms with Crippen LogP contribution in [0.1, 0.15) is 40.0 Å². The van der Waals surface area contributed by atoms with Gasteiger partial charge in [-0.15, -0.1) is 0 Å². The van der Waals surface area contributed by atoms with E-state index in [1.807, 2.05) is 0 Å². The first-order chi connectivity index (χ1) is 9.59. The molecule has 1 heterocycles. The molecule has 0 saturated heterocycles. The van der Waals surface area contributed by atoms with Crippen LogP contribution in [0.3, 0.4) is 0 Å². The van der Waals surface area contributed by atoms with Crippen LogP contribution in [0.2, 0.25) is 0 Å². The van der Waals surface area contributed by atoms with Crippen LogP contribution in [0.5, 0.6) is 0 Å². The van der Waals surface area contributed by atoms with E-state index in [0.717, 1.165) is 12.8 Å². The average molecular weight is 273 g/mol. The minimum Gasteiger partial charge on any atom is -0.481 e. The number of fused-ring (bicyclic) bond motifs is 1. The molecule has 1 aromatic rings. The van der Waals surface area contributed by atoms with Crippen molar-refractivity contribution >= 4 is 17.8 Å². The minimum atomic E-state index is -0.830. The highest BCUT2D eigenvalue weighted by Gasteiger charge is 2.40. The van der Waals surface area contributed by atoms with Crippen LogP contribution in [0.4, 0.5) is 0 Å². The summed E-state index contributed by atoms with van der Waals surface area (Å²) in [5.74, 6) is -2.01. The first-order valence-electron chi connectivity index (χ1n) is 6.77. The van der Waals surface area contributed by atoms with Crippen LogP contribution in [0, 0.1) is 11.8 Å². The van der Waals surface area contributed by atoms with Gasteiger partial charge in [-0.2, -0.15) is 0 Å². The molecule has 2 unspecified atom stereocenters. The number of imide groups is 1. The van der Waals surface area contributed by atoms with Crippen molar-refractivity contribution < 1.29 is 19.5 Å². The van der Waals surface area contributed by atoms with E-state index in [2.05, 4.69) is 0 Å². The van der Waals surface area contributed by atoms with Gasteiger partial charge in [0, 0.05) is 6.54 Å². The Morgan fingerprint density at radius 1 is 1.15 bits per heavy atom. The van der Waals surface area contributed by atoms with Gasteiger partial charge in [0.15, 0.2) is 0 Å². The lowest BCUT2D eigenvalue weighted by atomic mass is 9.95. The van der Waals surface area contributed by atoms with Crippen LogP contribution in [-0.4, -0.2) is 34.3 Å². The van der Waals surface area contributed by atoms with Gasteiger partial charge >= 0.3 is 5.97 Å². The fourth-order valence-electron chi connectivity index (χ4n) is 3.22. The number of hydrogen-bond donors (Lipinski definition) is 1. The third-order valence-electron chi connectivity index (χ3n) is 4.27. The maximum absolute atomic E-state index is 12.2.